The quantitative estimate of drug-likeness (QED) is 0.905. The number of benzene rings is 2. The number of aryl methyl sites for hydroxylation is 1. The van der Waals surface area contributed by atoms with Crippen molar-refractivity contribution in [1.29, 1.82) is 0 Å². The molecule has 3 unspecified atom stereocenters. The third kappa shape index (κ3) is 4.74. The van der Waals surface area contributed by atoms with E-state index in [0.717, 1.165) is 11.1 Å². The van der Waals surface area contributed by atoms with Crippen LogP contribution in [0.25, 0.3) is 0 Å². The maximum atomic E-state index is 12.9. The van der Waals surface area contributed by atoms with Gasteiger partial charge in [-0.05, 0) is 38.5 Å². The van der Waals surface area contributed by atoms with Gasteiger partial charge in [0.1, 0.15) is 12.1 Å². The first-order chi connectivity index (χ1) is 12.9. The number of ether oxygens (including phenoxy) is 1. The van der Waals surface area contributed by atoms with Crippen molar-refractivity contribution < 1.29 is 14.3 Å². The minimum absolute atomic E-state index is 0.0624. The first kappa shape index (κ1) is 19.1. The molecule has 5 nitrogen and oxygen atoms in total. The number of amides is 2. The highest BCUT2D eigenvalue weighted by molar-refractivity contribution is 5.97. The van der Waals surface area contributed by atoms with Crippen molar-refractivity contribution in [2.45, 2.75) is 39.0 Å². The normalized spacial score (nSPS) is 20.8. The molecule has 0 aliphatic carbocycles. The lowest BCUT2D eigenvalue weighted by Crippen LogP contribution is -2.52. The Morgan fingerprint density at radius 2 is 1.85 bits per heavy atom. The molecule has 0 saturated carbocycles. The summed E-state index contributed by atoms with van der Waals surface area (Å²) in [5.74, 6) is -0.326. The molecule has 1 aliphatic heterocycles. The van der Waals surface area contributed by atoms with Gasteiger partial charge in [-0.15, -0.1) is 0 Å². The van der Waals surface area contributed by atoms with E-state index in [4.69, 9.17) is 4.74 Å². The van der Waals surface area contributed by atoms with E-state index in [1.165, 1.54) is 0 Å². The minimum Gasteiger partial charge on any atom is -0.367 e. The van der Waals surface area contributed by atoms with E-state index >= 15 is 0 Å². The summed E-state index contributed by atoms with van der Waals surface area (Å²) in [6.45, 7) is 6.63. The molecule has 2 aromatic carbocycles. The molecule has 2 aromatic rings. The third-order valence-electron chi connectivity index (χ3n) is 4.74. The van der Waals surface area contributed by atoms with Crippen molar-refractivity contribution >= 4 is 11.8 Å². The zero-order chi connectivity index (χ0) is 19.4. The van der Waals surface area contributed by atoms with Gasteiger partial charge in [-0.25, -0.2) is 0 Å². The first-order valence-electron chi connectivity index (χ1n) is 9.30. The Morgan fingerprint density at radius 1 is 1.11 bits per heavy atom. The van der Waals surface area contributed by atoms with Crippen LogP contribution in [0.5, 0.6) is 0 Å². The zero-order valence-corrected chi connectivity index (χ0v) is 16.0. The predicted molar refractivity (Wildman–Crippen MR) is 104 cm³/mol. The number of carbonyl (C=O) groups is 2. The molecule has 0 bridgehead atoms. The number of hydrogen-bond acceptors (Lipinski definition) is 3. The maximum Gasteiger partial charge on any atom is 0.251 e. The zero-order valence-electron chi connectivity index (χ0n) is 16.0. The lowest BCUT2D eigenvalue weighted by molar-refractivity contribution is -0.146. The fourth-order valence-electron chi connectivity index (χ4n) is 3.39. The predicted octanol–water partition coefficient (Wildman–Crippen LogP) is 3.10. The Morgan fingerprint density at radius 3 is 2.56 bits per heavy atom. The van der Waals surface area contributed by atoms with Crippen LogP contribution in [-0.4, -0.2) is 41.9 Å². The number of hydrogen-bond donors (Lipinski definition) is 1. The van der Waals surface area contributed by atoms with Gasteiger partial charge in [0, 0.05) is 12.1 Å². The number of nitrogens with one attached hydrogen (secondary N) is 1. The average molecular weight is 366 g/mol. The molecule has 3 atom stereocenters. The van der Waals surface area contributed by atoms with Gasteiger partial charge in [0.05, 0.1) is 12.6 Å². The molecule has 1 N–H and O–H groups in total. The van der Waals surface area contributed by atoms with Crippen molar-refractivity contribution in [1.82, 2.24) is 10.2 Å². The van der Waals surface area contributed by atoms with E-state index in [1.54, 1.807) is 17.9 Å². The first-order valence-corrected chi connectivity index (χ1v) is 9.30. The van der Waals surface area contributed by atoms with Crippen LogP contribution in [0.1, 0.15) is 41.4 Å². The topological polar surface area (TPSA) is 58.6 Å². The Kier molecular flexibility index (Phi) is 5.91. The molecular weight excluding hydrogens is 340 g/mol. The van der Waals surface area contributed by atoms with Gasteiger partial charge < -0.3 is 15.0 Å². The van der Waals surface area contributed by atoms with Crippen molar-refractivity contribution in [3.8, 4) is 0 Å². The van der Waals surface area contributed by atoms with Crippen LogP contribution in [0.4, 0.5) is 0 Å². The molecule has 1 fully saturated rings. The van der Waals surface area contributed by atoms with Gasteiger partial charge >= 0.3 is 0 Å². The summed E-state index contributed by atoms with van der Waals surface area (Å²) in [7, 11) is 0. The van der Waals surface area contributed by atoms with Crippen LogP contribution < -0.4 is 5.32 Å². The number of carbonyl (C=O) groups excluding carboxylic acids is 2. The Labute approximate surface area is 160 Å². The molecule has 0 spiro atoms. The molecule has 1 aliphatic rings. The third-order valence-corrected chi connectivity index (χ3v) is 4.74. The van der Waals surface area contributed by atoms with Crippen LogP contribution in [0.2, 0.25) is 0 Å². The van der Waals surface area contributed by atoms with Gasteiger partial charge in [-0.3, -0.25) is 9.59 Å². The van der Waals surface area contributed by atoms with Crippen LogP contribution in [0, 0.1) is 6.92 Å². The van der Waals surface area contributed by atoms with Crippen LogP contribution in [0.15, 0.2) is 54.6 Å². The lowest BCUT2D eigenvalue weighted by Gasteiger charge is -2.38. The summed E-state index contributed by atoms with van der Waals surface area (Å²) >= 11 is 0. The highest BCUT2D eigenvalue weighted by atomic mass is 16.5. The van der Waals surface area contributed by atoms with Gasteiger partial charge in [-0.1, -0.05) is 48.0 Å². The van der Waals surface area contributed by atoms with Crippen LogP contribution in [0.3, 0.4) is 0 Å². The highest BCUT2D eigenvalue weighted by Crippen LogP contribution is 2.25. The van der Waals surface area contributed by atoms with E-state index in [0.29, 0.717) is 18.7 Å². The summed E-state index contributed by atoms with van der Waals surface area (Å²) in [5, 5.41) is 2.82. The van der Waals surface area contributed by atoms with E-state index in [9.17, 15) is 9.59 Å². The second-order valence-electron chi connectivity index (χ2n) is 7.15. The van der Waals surface area contributed by atoms with Crippen LogP contribution >= 0.6 is 0 Å². The summed E-state index contributed by atoms with van der Waals surface area (Å²) in [4.78, 5) is 27.1. The number of rotatable bonds is 4. The summed E-state index contributed by atoms with van der Waals surface area (Å²) in [5.41, 5.74) is 2.62. The molecule has 1 heterocycles. The monoisotopic (exact) mass is 366 g/mol. The molecule has 0 radical (unpaired) electrons. The molecule has 3 rings (SSSR count). The molecule has 2 amide bonds. The van der Waals surface area contributed by atoms with Gasteiger partial charge in [0.25, 0.3) is 5.91 Å². The maximum absolute atomic E-state index is 12.9. The number of morpholine rings is 1. The molecule has 0 aromatic heterocycles. The fraction of sp³-hybridized carbons (Fsp3) is 0.364. The molecule has 5 heteroatoms. The smallest absolute Gasteiger partial charge is 0.251 e. The van der Waals surface area contributed by atoms with Crippen molar-refractivity contribution in [2.75, 3.05) is 13.1 Å². The standard InChI is InChI=1S/C22H26N2O3/c1-15-8-7-11-19(12-15)21(25)23-17(3)22(26)24-13-16(2)27-20(14-24)18-9-5-4-6-10-18/h4-12,16-17,20H,13-14H2,1-3H3,(H,23,25). The molecular formula is C22H26N2O3. The van der Waals surface area contributed by atoms with Crippen molar-refractivity contribution in [3.63, 3.8) is 0 Å². The van der Waals surface area contributed by atoms with E-state index < -0.39 is 6.04 Å². The average Bonchev–Trinajstić information content (AvgIpc) is 2.67. The summed E-state index contributed by atoms with van der Waals surface area (Å²) in [6.07, 6.45) is -0.217. The highest BCUT2D eigenvalue weighted by Gasteiger charge is 2.32. The van der Waals surface area contributed by atoms with Gasteiger partial charge in [-0.2, -0.15) is 0 Å². The van der Waals surface area contributed by atoms with Crippen molar-refractivity contribution in [3.05, 3.63) is 71.3 Å². The number of nitrogens with zero attached hydrogens (tertiary/aromatic N) is 1. The van der Waals surface area contributed by atoms with Crippen molar-refractivity contribution in [2.24, 2.45) is 0 Å². The molecule has 142 valence electrons. The lowest BCUT2D eigenvalue weighted by atomic mass is 10.1. The van der Waals surface area contributed by atoms with Gasteiger partial charge in [0.2, 0.25) is 5.91 Å². The van der Waals surface area contributed by atoms with E-state index in [-0.39, 0.29) is 24.0 Å². The van der Waals surface area contributed by atoms with E-state index in [1.807, 2.05) is 62.4 Å². The fourth-order valence-corrected chi connectivity index (χ4v) is 3.39. The second-order valence-corrected chi connectivity index (χ2v) is 7.15. The van der Waals surface area contributed by atoms with Crippen LogP contribution in [-0.2, 0) is 9.53 Å². The molecule has 1 saturated heterocycles. The van der Waals surface area contributed by atoms with Gasteiger partial charge in [0.15, 0.2) is 0 Å². The summed E-state index contributed by atoms with van der Waals surface area (Å²) < 4.78 is 6.01. The minimum atomic E-state index is -0.597. The Bertz CT molecular complexity index is 806. The molecule has 27 heavy (non-hydrogen) atoms. The summed E-state index contributed by atoms with van der Waals surface area (Å²) in [6, 6.07) is 16.7. The SMILES string of the molecule is Cc1cccc(C(=O)NC(C)C(=O)N2CC(C)OC(c3ccccc3)C2)c1. The Balaban J connectivity index is 1.66. The second kappa shape index (κ2) is 8.35. The Hall–Kier alpha value is -2.66. The van der Waals surface area contributed by atoms with E-state index in [2.05, 4.69) is 5.32 Å². The largest absolute Gasteiger partial charge is 0.367 e.